The molecule has 2 heterocycles. The minimum atomic E-state index is -0.0961. The molecule has 0 spiro atoms. The Labute approximate surface area is 164 Å². The Morgan fingerprint density at radius 2 is 1.96 bits per heavy atom. The lowest BCUT2D eigenvalue weighted by Crippen LogP contribution is -2.16. The first kappa shape index (κ1) is 19.7. The highest BCUT2D eigenvalue weighted by Gasteiger charge is 2.09. The Morgan fingerprint density at radius 1 is 1.14 bits per heavy atom. The first-order valence-corrected chi connectivity index (χ1v) is 9.72. The summed E-state index contributed by atoms with van der Waals surface area (Å²) in [6.45, 7) is 2.13. The van der Waals surface area contributed by atoms with Gasteiger partial charge in [-0.05, 0) is 17.5 Å². The number of hydrogen-bond acceptors (Lipinski definition) is 4. The van der Waals surface area contributed by atoms with Gasteiger partial charge >= 0.3 is 0 Å². The van der Waals surface area contributed by atoms with E-state index >= 15 is 0 Å². The van der Waals surface area contributed by atoms with Crippen molar-refractivity contribution in [3.63, 3.8) is 0 Å². The van der Waals surface area contributed by atoms with E-state index in [4.69, 9.17) is 0 Å². The molecular formula is C22H26N4O2. The van der Waals surface area contributed by atoms with E-state index in [1.54, 1.807) is 21.8 Å². The second-order valence-electron chi connectivity index (χ2n) is 7.11. The van der Waals surface area contributed by atoms with Crippen LogP contribution in [0.4, 0.5) is 0 Å². The molecular weight excluding hydrogens is 352 g/mol. The molecule has 0 bridgehead atoms. The van der Waals surface area contributed by atoms with Crippen molar-refractivity contribution in [1.29, 1.82) is 0 Å². The summed E-state index contributed by atoms with van der Waals surface area (Å²) in [5.74, 6) is 0.266. The van der Waals surface area contributed by atoms with Crippen molar-refractivity contribution < 1.29 is 4.79 Å². The topological polar surface area (TPSA) is 69.8 Å². The molecule has 6 heteroatoms. The van der Waals surface area contributed by atoms with Crippen LogP contribution in [0, 0.1) is 0 Å². The predicted octanol–water partition coefficient (Wildman–Crippen LogP) is 3.25. The summed E-state index contributed by atoms with van der Waals surface area (Å²) in [5, 5.41) is 8.62. The first-order chi connectivity index (χ1) is 13.5. The van der Waals surface area contributed by atoms with Gasteiger partial charge in [-0.15, -0.1) is 0 Å². The monoisotopic (exact) mass is 378 g/mol. The van der Waals surface area contributed by atoms with Crippen LogP contribution in [0.15, 0.2) is 53.7 Å². The number of nitrogens with zero attached hydrogens (tertiary/aromatic N) is 4. The van der Waals surface area contributed by atoms with Gasteiger partial charge in [-0.1, -0.05) is 44.0 Å². The van der Waals surface area contributed by atoms with Crippen LogP contribution in [0.1, 0.15) is 49.4 Å². The molecule has 0 N–H and O–H groups in total. The normalized spacial score (nSPS) is 10.9. The fourth-order valence-electron chi connectivity index (χ4n) is 3.17. The molecule has 28 heavy (non-hydrogen) atoms. The third-order valence-electron chi connectivity index (χ3n) is 4.66. The summed E-state index contributed by atoms with van der Waals surface area (Å²) in [4.78, 5) is 24.4. The van der Waals surface area contributed by atoms with Gasteiger partial charge in [-0.25, -0.2) is 4.68 Å². The summed E-state index contributed by atoms with van der Waals surface area (Å²) in [7, 11) is 1.84. The Kier molecular flexibility index (Phi) is 6.53. The first-order valence-electron chi connectivity index (χ1n) is 9.72. The quantitative estimate of drug-likeness (QED) is 0.536. The van der Waals surface area contributed by atoms with Gasteiger partial charge in [0, 0.05) is 38.6 Å². The van der Waals surface area contributed by atoms with Crippen molar-refractivity contribution in [3.05, 3.63) is 76.0 Å². The lowest BCUT2D eigenvalue weighted by molar-refractivity contribution is -0.118. The molecule has 0 aliphatic rings. The molecule has 146 valence electrons. The Balaban J connectivity index is 1.73. The number of benzene rings is 1. The molecule has 1 aromatic carbocycles. The number of aryl methyl sites for hydroxylation is 1. The maximum absolute atomic E-state index is 12.3. The van der Waals surface area contributed by atoms with Crippen molar-refractivity contribution in [2.24, 2.45) is 7.05 Å². The molecule has 0 radical (unpaired) electrons. The molecule has 0 atom stereocenters. The molecule has 0 saturated heterocycles. The number of hydrogen-bond donors (Lipinski definition) is 0. The predicted molar refractivity (Wildman–Crippen MR) is 109 cm³/mol. The smallest absolute Gasteiger partial charge is 0.203 e. The van der Waals surface area contributed by atoms with Crippen molar-refractivity contribution in [2.75, 3.05) is 0 Å². The zero-order chi connectivity index (χ0) is 19.9. The van der Waals surface area contributed by atoms with E-state index in [0.717, 1.165) is 36.1 Å². The van der Waals surface area contributed by atoms with Crippen molar-refractivity contribution in [3.8, 4) is 5.69 Å². The highest BCUT2D eigenvalue weighted by atomic mass is 16.1. The fraction of sp³-hybridized carbons (Fsp3) is 0.364. The minimum Gasteiger partial charge on any atom is -0.299 e. The zero-order valence-electron chi connectivity index (χ0n) is 16.5. The van der Waals surface area contributed by atoms with Gasteiger partial charge in [0.15, 0.2) is 0 Å². The summed E-state index contributed by atoms with van der Waals surface area (Å²) >= 11 is 0. The average Bonchev–Trinajstić information content (AvgIpc) is 3.10. The lowest BCUT2D eigenvalue weighted by atomic mass is 10.0. The summed E-state index contributed by atoms with van der Waals surface area (Å²) in [6, 6.07) is 9.39. The van der Waals surface area contributed by atoms with Gasteiger partial charge in [-0.3, -0.25) is 14.3 Å². The zero-order valence-corrected chi connectivity index (χ0v) is 16.5. The molecule has 0 aliphatic carbocycles. The molecule has 0 saturated carbocycles. The van der Waals surface area contributed by atoms with Crippen LogP contribution < -0.4 is 5.43 Å². The number of ketones is 1. The maximum atomic E-state index is 12.3. The Hall–Kier alpha value is -3.02. The molecule has 0 amide bonds. The van der Waals surface area contributed by atoms with Gasteiger partial charge in [0.1, 0.15) is 17.2 Å². The third kappa shape index (κ3) is 5.25. The SMILES string of the molecule is CCCCCC(=O)Cc1cccc(Cc2nn(-c3cnn(C)c3)ccc2=O)c1. The van der Waals surface area contributed by atoms with Crippen molar-refractivity contribution >= 4 is 5.78 Å². The lowest BCUT2D eigenvalue weighted by Gasteiger charge is -2.07. The van der Waals surface area contributed by atoms with Crippen LogP contribution in [-0.2, 0) is 24.7 Å². The standard InChI is InChI=1S/C22H26N4O2/c1-3-4-5-9-20(27)13-17-7-6-8-18(12-17)14-21-22(28)10-11-26(24-21)19-15-23-25(2)16-19/h6-8,10-12,15-16H,3-5,9,13-14H2,1-2H3. The van der Waals surface area contributed by atoms with E-state index in [9.17, 15) is 9.59 Å². The number of rotatable bonds is 9. The second kappa shape index (κ2) is 9.26. The van der Waals surface area contributed by atoms with E-state index in [0.29, 0.717) is 25.0 Å². The second-order valence-corrected chi connectivity index (χ2v) is 7.11. The fourth-order valence-corrected chi connectivity index (χ4v) is 3.17. The molecule has 0 fully saturated rings. The van der Waals surface area contributed by atoms with Crippen LogP contribution in [0.25, 0.3) is 5.69 Å². The summed E-state index contributed by atoms with van der Waals surface area (Å²) in [6.07, 6.45) is 9.85. The van der Waals surface area contributed by atoms with Gasteiger partial charge in [0.2, 0.25) is 5.43 Å². The maximum Gasteiger partial charge on any atom is 0.203 e. The summed E-state index contributed by atoms with van der Waals surface area (Å²) in [5.41, 5.74) is 3.14. The largest absolute Gasteiger partial charge is 0.299 e. The van der Waals surface area contributed by atoms with Gasteiger partial charge < -0.3 is 0 Å². The number of carbonyl (C=O) groups excluding carboxylic acids is 1. The summed E-state index contributed by atoms with van der Waals surface area (Å²) < 4.78 is 3.35. The molecule has 2 aromatic heterocycles. The average molecular weight is 378 g/mol. The van der Waals surface area contributed by atoms with Crippen molar-refractivity contribution in [1.82, 2.24) is 19.6 Å². The van der Waals surface area contributed by atoms with E-state index in [-0.39, 0.29) is 11.2 Å². The van der Waals surface area contributed by atoms with E-state index in [2.05, 4.69) is 17.1 Å². The Morgan fingerprint density at radius 3 is 2.71 bits per heavy atom. The third-order valence-corrected chi connectivity index (χ3v) is 4.66. The van der Waals surface area contributed by atoms with E-state index in [1.165, 1.54) is 6.07 Å². The van der Waals surface area contributed by atoms with Crippen LogP contribution in [0.3, 0.4) is 0 Å². The molecule has 0 aliphatic heterocycles. The van der Waals surface area contributed by atoms with Gasteiger partial charge in [0.05, 0.1) is 12.4 Å². The van der Waals surface area contributed by atoms with Crippen molar-refractivity contribution in [2.45, 2.75) is 45.4 Å². The van der Waals surface area contributed by atoms with E-state index < -0.39 is 0 Å². The number of aromatic nitrogens is 4. The number of Topliss-reactive ketones (excluding diaryl/α,β-unsaturated/α-hetero) is 1. The number of unbranched alkanes of at least 4 members (excludes halogenated alkanes) is 2. The van der Waals surface area contributed by atoms with Crippen LogP contribution in [0.5, 0.6) is 0 Å². The van der Waals surface area contributed by atoms with E-state index in [1.807, 2.05) is 37.5 Å². The Bertz CT molecular complexity index is 1000. The molecule has 6 nitrogen and oxygen atoms in total. The van der Waals surface area contributed by atoms with Gasteiger partial charge in [-0.2, -0.15) is 10.2 Å². The molecule has 0 unspecified atom stereocenters. The number of carbonyl (C=O) groups is 1. The van der Waals surface area contributed by atoms with Gasteiger partial charge in [0.25, 0.3) is 0 Å². The van der Waals surface area contributed by atoms with Crippen LogP contribution in [-0.4, -0.2) is 25.3 Å². The highest BCUT2D eigenvalue weighted by Crippen LogP contribution is 2.12. The van der Waals surface area contributed by atoms with Crippen LogP contribution in [0.2, 0.25) is 0 Å². The highest BCUT2D eigenvalue weighted by molar-refractivity contribution is 5.80. The van der Waals surface area contributed by atoms with Crippen LogP contribution >= 0.6 is 0 Å². The minimum absolute atomic E-state index is 0.0961. The molecule has 3 aromatic rings. The molecule has 3 rings (SSSR count).